The molecule has 1 fully saturated rings. The van der Waals surface area contributed by atoms with Gasteiger partial charge in [-0.15, -0.1) is 0 Å². The topological polar surface area (TPSA) is 106 Å². The van der Waals surface area contributed by atoms with Crippen LogP contribution in [0.3, 0.4) is 0 Å². The summed E-state index contributed by atoms with van der Waals surface area (Å²) in [5.41, 5.74) is 1.38. The van der Waals surface area contributed by atoms with Crippen molar-refractivity contribution >= 4 is 68.9 Å². The Kier molecular flexibility index (Phi) is 7.53. The van der Waals surface area contributed by atoms with Crippen LogP contribution in [0.15, 0.2) is 82.1 Å². The first-order valence-electron chi connectivity index (χ1n) is 11.9. The standard InChI is InChI=1S/C29H21ClN2O6S/c1-2-37-28(35)21-14-18(10-12-22(21)30)24-13-11-19(38-24)15-25-27(34)32(29(36)39-25)16-26(33)31-23-9-5-7-17-6-3-4-8-20(17)23/h3-15H,2,16H2,1H3,(H,31,33)/b25-15+. The second-order valence-corrected chi connectivity index (χ2v) is 9.86. The summed E-state index contributed by atoms with van der Waals surface area (Å²) < 4.78 is 10.9. The summed E-state index contributed by atoms with van der Waals surface area (Å²) in [6, 6.07) is 21.2. The Balaban J connectivity index is 1.29. The zero-order chi connectivity index (χ0) is 27.5. The van der Waals surface area contributed by atoms with E-state index in [-0.39, 0.29) is 22.1 Å². The monoisotopic (exact) mass is 560 g/mol. The van der Waals surface area contributed by atoms with Crippen LogP contribution in [0.25, 0.3) is 28.2 Å². The Labute approximate surface area is 232 Å². The Morgan fingerprint density at radius 2 is 1.85 bits per heavy atom. The van der Waals surface area contributed by atoms with Gasteiger partial charge in [-0.3, -0.25) is 19.3 Å². The summed E-state index contributed by atoms with van der Waals surface area (Å²) >= 11 is 6.86. The fraction of sp³-hybridized carbons (Fsp3) is 0.103. The summed E-state index contributed by atoms with van der Waals surface area (Å²) in [6.07, 6.45) is 1.44. The van der Waals surface area contributed by atoms with Gasteiger partial charge in [-0.1, -0.05) is 48.0 Å². The lowest BCUT2D eigenvalue weighted by atomic mass is 10.1. The number of imide groups is 1. The van der Waals surface area contributed by atoms with Gasteiger partial charge in [0.2, 0.25) is 5.91 Å². The van der Waals surface area contributed by atoms with Crippen molar-refractivity contribution in [1.82, 2.24) is 4.90 Å². The third-order valence-corrected chi connectivity index (χ3v) is 7.12. The number of hydrogen-bond acceptors (Lipinski definition) is 7. The van der Waals surface area contributed by atoms with Gasteiger partial charge in [0.05, 0.1) is 22.1 Å². The number of anilines is 1. The highest BCUT2D eigenvalue weighted by molar-refractivity contribution is 8.18. The molecule has 10 heteroatoms. The first kappa shape index (κ1) is 26.3. The van der Waals surface area contributed by atoms with Crippen molar-refractivity contribution < 1.29 is 28.3 Å². The second-order valence-electron chi connectivity index (χ2n) is 8.46. The number of halogens is 1. The number of carbonyl (C=O) groups is 4. The maximum absolute atomic E-state index is 12.9. The summed E-state index contributed by atoms with van der Waals surface area (Å²) in [5.74, 6) is -0.878. The van der Waals surface area contributed by atoms with Gasteiger partial charge in [0.15, 0.2) is 0 Å². The molecule has 5 rings (SSSR count). The zero-order valence-corrected chi connectivity index (χ0v) is 22.2. The number of hydrogen-bond donors (Lipinski definition) is 1. The van der Waals surface area contributed by atoms with Crippen molar-refractivity contribution in [3.8, 4) is 11.3 Å². The van der Waals surface area contributed by atoms with Crippen LogP contribution >= 0.6 is 23.4 Å². The number of fused-ring (bicyclic) bond motifs is 1. The lowest BCUT2D eigenvalue weighted by Gasteiger charge is -2.13. The number of furan rings is 1. The lowest BCUT2D eigenvalue weighted by Crippen LogP contribution is -2.36. The third-order valence-electron chi connectivity index (χ3n) is 5.89. The molecule has 0 atom stereocenters. The van der Waals surface area contributed by atoms with Gasteiger partial charge >= 0.3 is 5.97 Å². The fourth-order valence-corrected chi connectivity index (χ4v) is 5.08. The van der Waals surface area contributed by atoms with Crippen molar-refractivity contribution in [2.75, 3.05) is 18.5 Å². The largest absolute Gasteiger partial charge is 0.462 e. The van der Waals surface area contributed by atoms with Crippen LogP contribution < -0.4 is 5.32 Å². The molecule has 2 heterocycles. The molecule has 1 aromatic heterocycles. The minimum absolute atomic E-state index is 0.127. The molecule has 1 N–H and O–H groups in total. The molecule has 0 saturated carbocycles. The van der Waals surface area contributed by atoms with E-state index in [9.17, 15) is 19.2 Å². The van der Waals surface area contributed by atoms with E-state index >= 15 is 0 Å². The van der Waals surface area contributed by atoms with Crippen LogP contribution in [-0.2, 0) is 14.3 Å². The van der Waals surface area contributed by atoms with Crippen molar-refractivity contribution in [2.24, 2.45) is 0 Å². The average molecular weight is 561 g/mol. The maximum Gasteiger partial charge on any atom is 0.339 e. The zero-order valence-electron chi connectivity index (χ0n) is 20.6. The van der Waals surface area contributed by atoms with Crippen molar-refractivity contribution in [3.63, 3.8) is 0 Å². The van der Waals surface area contributed by atoms with Crippen LogP contribution in [0.5, 0.6) is 0 Å². The van der Waals surface area contributed by atoms with E-state index in [1.54, 1.807) is 43.3 Å². The van der Waals surface area contributed by atoms with Crippen molar-refractivity contribution in [2.45, 2.75) is 6.92 Å². The molecule has 0 spiro atoms. The number of nitrogens with one attached hydrogen (secondary N) is 1. The van der Waals surface area contributed by atoms with Crippen LogP contribution in [0, 0.1) is 0 Å². The molecular weight excluding hydrogens is 540 g/mol. The minimum atomic E-state index is -0.591. The number of nitrogens with zero attached hydrogens (tertiary/aromatic N) is 1. The van der Waals surface area contributed by atoms with E-state index in [1.807, 2.05) is 36.4 Å². The van der Waals surface area contributed by atoms with Crippen LogP contribution in [-0.4, -0.2) is 41.1 Å². The molecule has 39 heavy (non-hydrogen) atoms. The number of ether oxygens (including phenoxy) is 1. The summed E-state index contributed by atoms with van der Waals surface area (Å²) in [5, 5.41) is 4.30. The molecule has 4 aromatic rings. The third kappa shape index (κ3) is 5.59. The lowest BCUT2D eigenvalue weighted by molar-refractivity contribution is -0.127. The van der Waals surface area contributed by atoms with Crippen molar-refractivity contribution in [1.29, 1.82) is 0 Å². The first-order chi connectivity index (χ1) is 18.8. The van der Waals surface area contributed by atoms with Gasteiger partial charge in [-0.05, 0) is 60.5 Å². The van der Waals surface area contributed by atoms with Gasteiger partial charge in [0.25, 0.3) is 11.1 Å². The normalized spacial score (nSPS) is 14.3. The maximum atomic E-state index is 12.9. The number of benzene rings is 3. The van der Waals surface area contributed by atoms with Crippen LogP contribution in [0.4, 0.5) is 10.5 Å². The number of carbonyl (C=O) groups excluding carboxylic acids is 4. The highest BCUT2D eigenvalue weighted by Gasteiger charge is 2.36. The van der Waals surface area contributed by atoms with E-state index in [0.717, 1.165) is 27.4 Å². The molecule has 1 aliphatic rings. The molecule has 8 nitrogen and oxygen atoms in total. The molecular formula is C29H21ClN2O6S. The highest BCUT2D eigenvalue weighted by atomic mass is 35.5. The smallest absolute Gasteiger partial charge is 0.339 e. The molecule has 1 saturated heterocycles. The second kappa shape index (κ2) is 11.2. The molecule has 0 unspecified atom stereocenters. The number of esters is 1. The van der Waals surface area contributed by atoms with Crippen LogP contribution in [0.2, 0.25) is 5.02 Å². The highest BCUT2D eigenvalue weighted by Crippen LogP contribution is 2.34. The predicted molar refractivity (Wildman–Crippen MR) is 150 cm³/mol. The Bertz CT molecular complexity index is 1660. The van der Waals surface area contributed by atoms with E-state index in [2.05, 4.69) is 5.32 Å². The average Bonchev–Trinajstić information content (AvgIpc) is 3.49. The quantitative estimate of drug-likeness (QED) is 0.200. The van der Waals surface area contributed by atoms with E-state index in [1.165, 1.54) is 6.08 Å². The van der Waals surface area contributed by atoms with Gasteiger partial charge in [0.1, 0.15) is 18.1 Å². The SMILES string of the molecule is CCOC(=O)c1cc(-c2ccc(/C=C3/SC(=O)N(CC(=O)Nc4cccc5ccccc45)C3=O)o2)ccc1Cl. The number of thioether (sulfide) groups is 1. The first-order valence-corrected chi connectivity index (χ1v) is 13.1. The fourth-order valence-electron chi connectivity index (χ4n) is 4.06. The van der Waals surface area contributed by atoms with Gasteiger partial charge < -0.3 is 14.5 Å². The van der Waals surface area contributed by atoms with E-state index < -0.39 is 29.6 Å². The molecule has 3 amide bonds. The molecule has 0 aliphatic carbocycles. The number of amides is 3. The molecule has 1 aliphatic heterocycles. The van der Waals surface area contributed by atoms with Gasteiger partial charge in [-0.25, -0.2) is 4.79 Å². The molecule has 0 bridgehead atoms. The number of rotatable bonds is 7. The minimum Gasteiger partial charge on any atom is -0.462 e. The van der Waals surface area contributed by atoms with E-state index in [4.69, 9.17) is 20.8 Å². The Morgan fingerprint density at radius 3 is 2.67 bits per heavy atom. The molecule has 0 radical (unpaired) electrons. The van der Waals surface area contributed by atoms with Gasteiger partial charge in [0, 0.05) is 22.7 Å². The Hall–Kier alpha value is -4.34. The van der Waals surface area contributed by atoms with Gasteiger partial charge in [-0.2, -0.15) is 0 Å². The van der Waals surface area contributed by atoms with Crippen molar-refractivity contribution in [3.05, 3.63) is 94.0 Å². The Morgan fingerprint density at radius 1 is 1.05 bits per heavy atom. The summed E-state index contributed by atoms with van der Waals surface area (Å²) in [6.45, 7) is 1.49. The van der Waals surface area contributed by atoms with Crippen LogP contribution in [0.1, 0.15) is 23.0 Å². The summed E-state index contributed by atoms with van der Waals surface area (Å²) in [7, 11) is 0. The predicted octanol–water partition coefficient (Wildman–Crippen LogP) is 6.60. The van der Waals surface area contributed by atoms with E-state index in [0.29, 0.717) is 22.8 Å². The molecule has 196 valence electrons. The summed E-state index contributed by atoms with van der Waals surface area (Å²) in [4.78, 5) is 51.4. The molecule has 3 aromatic carbocycles.